The van der Waals surface area contributed by atoms with Gasteiger partial charge in [-0.05, 0) is 42.0 Å². The van der Waals surface area contributed by atoms with Crippen molar-refractivity contribution >= 4 is 39.2 Å². The van der Waals surface area contributed by atoms with Crippen molar-refractivity contribution in [2.75, 3.05) is 5.32 Å². The summed E-state index contributed by atoms with van der Waals surface area (Å²) in [6.45, 7) is 0. The summed E-state index contributed by atoms with van der Waals surface area (Å²) in [5, 5.41) is 16.0. The number of aliphatic carboxylic acids is 1. The number of carboxylic acids is 1. The molecule has 0 bridgehead atoms. The molecule has 0 radical (unpaired) electrons. The largest absolute Gasteiger partial charge is 0.501 e. The van der Waals surface area contributed by atoms with Crippen molar-refractivity contribution in [3.05, 3.63) is 53.6 Å². The monoisotopic (exact) mass is 410 g/mol. The van der Waals surface area contributed by atoms with E-state index in [9.17, 15) is 26.8 Å². The van der Waals surface area contributed by atoms with E-state index in [4.69, 9.17) is 10.2 Å². The van der Waals surface area contributed by atoms with Gasteiger partial charge in [-0.3, -0.25) is 4.79 Å². The van der Waals surface area contributed by atoms with Crippen LogP contribution in [-0.4, -0.2) is 31.5 Å². The number of sulfonamides is 1. The second kappa shape index (κ2) is 6.69. The van der Waals surface area contributed by atoms with E-state index in [1.807, 2.05) is 0 Å². The molecule has 4 N–H and O–H groups in total. The van der Waals surface area contributed by atoms with Gasteiger partial charge in [0.25, 0.3) is 5.91 Å². The highest BCUT2D eigenvalue weighted by Gasteiger charge is 2.42. The third-order valence-corrected chi connectivity index (χ3v) is 4.70. The number of alkyl halides is 2. The van der Waals surface area contributed by atoms with E-state index in [0.717, 1.165) is 12.1 Å². The fraction of sp³-hybridized carbons (Fsp3) is 0.0588. The predicted molar refractivity (Wildman–Crippen MR) is 94.0 cm³/mol. The summed E-state index contributed by atoms with van der Waals surface area (Å²) in [6.07, 6.45) is -2.97. The molecule has 0 spiro atoms. The van der Waals surface area contributed by atoms with Crippen LogP contribution in [-0.2, 0) is 19.6 Å². The van der Waals surface area contributed by atoms with Crippen molar-refractivity contribution in [1.82, 2.24) is 0 Å². The third kappa shape index (κ3) is 3.85. The van der Waals surface area contributed by atoms with Crippen LogP contribution in [0.3, 0.4) is 0 Å². The standard InChI is InChI=1S/C17H12F2N2O6S/c18-17(19,16(23)24)27-10-3-1-9(2-4-10)7-13-12-8-11(28(20,25)26)5-6-14(12)21-15(13)22/h1-8H,(H,21,22)(H,23,24)(H2,20,25,26)/b13-7+. The zero-order chi connectivity index (χ0) is 20.7. The lowest BCUT2D eigenvalue weighted by atomic mass is 10.0. The van der Waals surface area contributed by atoms with Crippen LogP contribution in [0.25, 0.3) is 11.6 Å². The van der Waals surface area contributed by atoms with E-state index in [1.54, 1.807) is 0 Å². The first kappa shape index (κ1) is 19.5. The SMILES string of the molecule is NS(=O)(=O)c1ccc2c(c1)/C(=C\c1ccc(OC(F)(F)C(=O)O)cc1)C(=O)N2. The Hall–Kier alpha value is -3.31. The number of nitrogens with one attached hydrogen (secondary N) is 1. The van der Waals surface area contributed by atoms with Gasteiger partial charge >= 0.3 is 12.1 Å². The van der Waals surface area contributed by atoms with Gasteiger partial charge in [0, 0.05) is 16.8 Å². The van der Waals surface area contributed by atoms with Crippen LogP contribution in [0, 0.1) is 0 Å². The van der Waals surface area contributed by atoms with Crippen LogP contribution in [0.4, 0.5) is 14.5 Å². The summed E-state index contributed by atoms with van der Waals surface area (Å²) in [6, 6.07) is 8.78. The maximum Gasteiger partial charge on any atom is 0.501 e. The molecule has 1 amide bonds. The van der Waals surface area contributed by atoms with Gasteiger partial charge < -0.3 is 15.2 Å². The number of halogens is 2. The van der Waals surface area contributed by atoms with E-state index in [0.29, 0.717) is 16.8 Å². The first-order valence-corrected chi connectivity index (χ1v) is 9.12. The first-order chi connectivity index (χ1) is 13.0. The summed E-state index contributed by atoms with van der Waals surface area (Å²) >= 11 is 0. The first-order valence-electron chi connectivity index (χ1n) is 7.58. The summed E-state index contributed by atoms with van der Waals surface area (Å²) in [7, 11) is -3.97. The Morgan fingerprint density at radius 1 is 1.18 bits per heavy atom. The minimum atomic E-state index is -4.38. The minimum absolute atomic E-state index is 0.144. The van der Waals surface area contributed by atoms with Crippen LogP contribution in [0.1, 0.15) is 11.1 Å². The molecule has 11 heteroatoms. The van der Waals surface area contributed by atoms with E-state index >= 15 is 0 Å². The number of fused-ring (bicyclic) bond motifs is 1. The van der Waals surface area contributed by atoms with Gasteiger partial charge in [0.05, 0.1) is 4.90 Å². The fourth-order valence-corrected chi connectivity index (χ4v) is 3.02. The summed E-state index contributed by atoms with van der Waals surface area (Å²) < 4.78 is 53.3. The maximum atomic E-state index is 13.1. The van der Waals surface area contributed by atoms with E-state index in [-0.39, 0.29) is 16.2 Å². The minimum Gasteiger partial charge on any atom is -0.474 e. The Bertz CT molecular complexity index is 1110. The Morgan fingerprint density at radius 3 is 2.39 bits per heavy atom. The van der Waals surface area contributed by atoms with Gasteiger partial charge in [0.1, 0.15) is 5.75 Å². The molecule has 1 aliphatic rings. The Balaban J connectivity index is 1.93. The number of hydrogen-bond donors (Lipinski definition) is 3. The van der Waals surface area contributed by atoms with Crippen molar-refractivity contribution in [1.29, 1.82) is 0 Å². The van der Waals surface area contributed by atoms with Gasteiger partial charge in [-0.2, -0.15) is 8.78 Å². The summed E-state index contributed by atoms with van der Waals surface area (Å²) in [5.74, 6) is -3.30. The van der Waals surface area contributed by atoms with Crippen LogP contribution < -0.4 is 15.2 Å². The van der Waals surface area contributed by atoms with Crippen molar-refractivity contribution in [3.63, 3.8) is 0 Å². The Labute approximate surface area is 157 Å². The number of rotatable bonds is 5. The highest BCUT2D eigenvalue weighted by Crippen LogP contribution is 2.35. The van der Waals surface area contributed by atoms with Crippen LogP contribution in [0.15, 0.2) is 47.4 Å². The summed E-state index contributed by atoms with van der Waals surface area (Å²) in [5.41, 5.74) is 1.26. The smallest absolute Gasteiger partial charge is 0.474 e. The van der Waals surface area contributed by atoms with Gasteiger partial charge in [-0.1, -0.05) is 12.1 Å². The topological polar surface area (TPSA) is 136 Å². The Kier molecular flexibility index (Phi) is 4.65. The maximum absolute atomic E-state index is 13.1. The molecule has 2 aromatic rings. The molecular weight excluding hydrogens is 398 g/mol. The number of benzene rings is 2. The molecule has 8 nitrogen and oxygen atoms in total. The van der Waals surface area contributed by atoms with Crippen molar-refractivity contribution in [2.24, 2.45) is 5.14 Å². The lowest BCUT2D eigenvalue weighted by Crippen LogP contribution is -2.34. The number of carbonyl (C=O) groups is 2. The van der Waals surface area contributed by atoms with Crippen LogP contribution >= 0.6 is 0 Å². The number of primary sulfonamides is 1. The molecule has 0 fully saturated rings. The number of ether oxygens (including phenoxy) is 1. The van der Waals surface area contributed by atoms with Crippen LogP contribution in [0.5, 0.6) is 5.75 Å². The number of anilines is 1. The molecule has 0 unspecified atom stereocenters. The molecule has 0 saturated carbocycles. The Morgan fingerprint density at radius 2 is 1.82 bits per heavy atom. The van der Waals surface area contributed by atoms with Gasteiger partial charge in [-0.15, -0.1) is 0 Å². The molecule has 1 aliphatic heterocycles. The highest BCUT2D eigenvalue weighted by molar-refractivity contribution is 7.89. The van der Waals surface area contributed by atoms with E-state index in [1.165, 1.54) is 36.4 Å². The van der Waals surface area contributed by atoms with Gasteiger partial charge in [0.2, 0.25) is 10.0 Å². The van der Waals surface area contributed by atoms with Crippen molar-refractivity contribution in [2.45, 2.75) is 11.0 Å². The van der Waals surface area contributed by atoms with Crippen LogP contribution in [0.2, 0.25) is 0 Å². The quantitative estimate of drug-likeness (QED) is 0.644. The van der Waals surface area contributed by atoms with E-state index in [2.05, 4.69) is 10.1 Å². The number of carbonyl (C=O) groups excluding carboxylic acids is 1. The second-order valence-corrected chi connectivity index (χ2v) is 7.32. The molecule has 0 saturated heterocycles. The molecule has 0 aliphatic carbocycles. The summed E-state index contributed by atoms with van der Waals surface area (Å²) in [4.78, 5) is 22.4. The molecule has 0 aromatic heterocycles. The lowest BCUT2D eigenvalue weighted by Gasteiger charge is -2.13. The molecule has 28 heavy (non-hydrogen) atoms. The molecule has 0 atom stereocenters. The number of hydrogen-bond acceptors (Lipinski definition) is 5. The average Bonchev–Trinajstić information content (AvgIpc) is 2.90. The predicted octanol–water partition coefficient (Wildman–Crippen LogP) is 1.88. The average molecular weight is 410 g/mol. The molecule has 146 valence electrons. The van der Waals surface area contributed by atoms with Crippen molar-refractivity contribution in [3.8, 4) is 5.75 Å². The molecule has 1 heterocycles. The zero-order valence-electron chi connectivity index (χ0n) is 13.8. The number of carboxylic acid groups (broad SMARTS) is 1. The molecule has 3 rings (SSSR count). The van der Waals surface area contributed by atoms with E-state index < -0.39 is 28.0 Å². The highest BCUT2D eigenvalue weighted by atomic mass is 32.2. The second-order valence-electron chi connectivity index (χ2n) is 5.76. The number of nitrogens with two attached hydrogens (primary N) is 1. The van der Waals surface area contributed by atoms with Crippen molar-refractivity contribution < 1.29 is 36.6 Å². The molecular formula is C17H12F2N2O6S. The zero-order valence-corrected chi connectivity index (χ0v) is 14.7. The van der Waals surface area contributed by atoms with Gasteiger partial charge in [0.15, 0.2) is 0 Å². The fourth-order valence-electron chi connectivity index (χ4n) is 2.48. The lowest BCUT2D eigenvalue weighted by molar-refractivity contribution is -0.210. The molecule has 2 aromatic carbocycles. The number of amides is 1. The van der Waals surface area contributed by atoms with Gasteiger partial charge in [-0.25, -0.2) is 18.4 Å². The normalized spacial score (nSPS) is 15.2. The third-order valence-electron chi connectivity index (χ3n) is 3.79.